The van der Waals surface area contributed by atoms with Crippen molar-refractivity contribution in [3.8, 4) is 0 Å². The maximum absolute atomic E-state index is 12.1. The normalized spacial score (nSPS) is 16.1. The van der Waals surface area contributed by atoms with Crippen molar-refractivity contribution >= 4 is 5.97 Å². The van der Waals surface area contributed by atoms with Crippen molar-refractivity contribution < 1.29 is 27.4 Å². The molecule has 0 aliphatic heterocycles. The molecule has 0 spiro atoms. The van der Waals surface area contributed by atoms with Crippen LogP contribution in [0.3, 0.4) is 0 Å². The van der Waals surface area contributed by atoms with Gasteiger partial charge in [-0.3, -0.25) is 0 Å². The Bertz CT molecular complexity index is 195. The molecule has 0 bridgehead atoms. The van der Waals surface area contributed by atoms with Crippen LogP contribution in [0.4, 0.5) is 13.2 Å². The second-order valence-corrected chi connectivity index (χ2v) is 2.47. The molecule has 0 rings (SSSR count). The van der Waals surface area contributed by atoms with Crippen LogP contribution < -0.4 is 5.73 Å². The lowest BCUT2D eigenvalue weighted by molar-refractivity contribution is -0.190. The highest BCUT2D eigenvalue weighted by Crippen LogP contribution is 2.22. The second kappa shape index (κ2) is 5.16. The molecule has 14 heavy (non-hydrogen) atoms. The Morgan fingerprint density at radius 3 is 2.29 bits per heavy atom. The number of carbonyl (C=O) groups excluding carboxylic acids is 1. The molecule has 0 aromatic heterocycles. The van der Waals surface area contributed by atoms with Crippen LogP contribution in [0.15, 0.2) is 0 Å². The van der Waals surface area contributed by atoms with E-state index in [1.165, 1.54) is 6.92 Å². The van der Waals surface area contributed by atoms with Crippen molar-refractivity contribution in [1.82, 2.24) is 0 Å². The lowest BCUT2D eigenvalue weighted by Gasteiger charge is -2.23. The summed E-state index contributed by atoms with van der Waals surface area (Å²) in [6.07, 6.45) is -6.49. The Kier molecular flexibility index (Phi) is 4.86. The fraction of sp³-hybridized carbons (Fsp3) is 0.857. The molecule has 2 N–H and O–H groups in total. The van der Waals surface area contributed by atoms with Gasteiger partial charge in [0, 0.05) is 6.61 Å². The van der Waals surface area contributed by atoms with Gasteiger partial charge in [-0.15, -0.1) is 0 Å². The van der Waals surface area contributed by atoms with Gasteiger partial charge in [0.2, 0.25) is 0 Å². The highest BCUT2D eigenvalue weighted by Gasteiger charge is 2.46. The van der Waals surface area contributed by atoms with Crippen LogP contribution in [0.5, 0.6) is 0 Å². The Morgan fingerprint density at radius 1 is 1.50 bits per heavy atom. The molecule has 0 amide bonds. The Morgan fingerprint density at radius 2 is 2.00 bits per heavy atom. The molecule has 0 aliphatic rings. The molecular formula is C7H12F3NO3. The number of ether oxygens (including phenoxy) is 2. The fourth-order valence-electron chi connectivity index (χ4n) is 0.786. The molecular weight excluding hydrogens is 203 g/mol. The number of halogens is 3. The monoisotopic (exact) mass is 215 g/mol. The van der Waals surface area contributed by atoms with Crippen molar-refractivity contribution in [1.29, 1.82) is 0 Å². The first-order chi connectivity index (χ1) is 6.34. The lowest BCUT2D eigenvalue weighted by Crippen LogP contribution is -2.52. The summed E-state index contributed by atoms with van der Waals surface area (Å²) >= 11 is 0. The van der Waals surface area contributed by atoms with Crippen molar-refractivity contribution in [3.63, 3.8) is 0 Å². The van der Waals surface area contributed by atoms with E-state index in [-0.39, 0.29) is 6.61 Å². The number of methoxy groups -OCH3 is 1. The zero-order valence-corrected chi connectivity index (χ0v) is 7.80. The SMILES string of the molecule is CCO[C@H](C(=O)OC)[C@H](N)C(F)(F)F. The van der Waals surface area contributed by atoms with E-state index in [4.69, 9.17) is 5.73 Å². The van der Waals surface area contributed by atoms with Crippen molar-refractivity contribution in [2.75, 3.05) is 13.7 Å². The smallest absolute Gasteiger partial charge is 0.406 e. The van der Waals surface area contributed by atoms with Gasteiger partial charge in [-0.1, -0.05) is 0 Å². The summed E-state index contributed by atoms with van der Waals surface area (Å²) in [7, 11) is 0.970. The molecule has 0 unspecified atom stereocenters. The number of alkyl halides is 3. The number of hydrogen-bond acceptors (Lipinski definition) is 4. The van der Waals surface area contributed by atoms with Crippen molar-refractivity contribution in [2.24, 2.45) is 5.73 Å². The minimum Gasteiger partial charge on any atom is -0.467 e. The fourth-order valence-corrected chi connectivity index (χ4v) is 0.786. The van der Waals surface area contributed by atoms with Crippen LogP contribution >= 0.6 is 0 Å². The molecule has 2 atom stereocenters. The summed E-state index contributed by atoms with van der Waals surface area (Å²) in [6.45, 7) is 1.41. The quantitative estimate of drug-likeness (QED) is 0.692. The van der Waals surface area contributed by atoms with Gasteiger partial charge >= 0.3 is 12.1 Å². The second-order valence-electron chi connectivity index (χ2n) is 2.47. The summed E-state index contributed by atoms with van der Waals surface area (Å²) in [5.41, 5.74) is 4.81. The molecule has 0 aromatic rings. The molecule has 0 aliphatic carbocycles. The maximum Gasteiger partial charge on any atom is 0.406 e. The number of rotatable bonds is 4. The lowest BCUT2D eigenvalue weighted by atomic mass is 10.1. The van der Waals surface area contributed by atoms with Gasteiger partial charge in [-0.2, -0.15) is 13.2 Å². The van der Waals surface area contributed by atoms with Gasteiger partial charge in [0.25, 0.3) is 0 Å². The molecule has 4 nitrogen and oxygen atoms in total. The third-order valence-corrected chi connectivity index (χ3v) is 1.48. The zero-order chi connectivity index (χ0) is 11.4. The summed E-state index contributed by atoms with van der Waals surface area (Å²) in [5.74, 6) is -1.13. The number of esters is 1. The van der Waals surface area contributed by atoms with Crippen molar-refractivity contribution in [2.45, 2.75) is 25.2 Å². The van der Waals surface area contributed by atoms with Crippen LogP contribution in [0.2, 0.25) is 0 Å². The standard InChI is InChI=1S/C7H12F3NO3/c1-3-14-4(6(12)13-2)5(11)7(8,9)10/h4-5H,3,11H2,1-2H3/t4-,5-/m0/s1. The predicted octanol–water partition coefficient (Wildman–Crippen LogP) is 0.454. The molecule has 0 heterocycles. The average Bonchev–Trinajstić information content (AvgIpc) is 2.10. The molecule has 0 saturated carbocycles. The summed E-state index contributed by atoms with van der Waals surface area (Å²) in [5, 5.41) is 0. The van der Waals surface area contributed by atoms with Gasteiger partial charge in [-0.05, 0) is 6.92 Å². The van der Waals surface area contributed by atoms with E-state index in [1.807, 2.05) is 0 Å². The van der Waals surface area contributed by atoms with Gasteiger partial charge in [0.05, 0.1) is 7.11 Å². The largest absolute Gasteiger partial charge is 0.467 e. The summed E-state index contributed by atoms with van der Waals surface area (Å²) < 4.78 is 45.0. The number of carbonyl (C=O) groups is 1. The Balaban J connectivity index is 4.56. The van der Waals surface area contributed by atoms with E-state index in [0.29, 0.717) is 0 Å². The molecule has 0 saturated heterocycles. The van der Waals surface area contributed by atoms with Gasteiger partial charge in [-0.25, -0.2) is 4.79 Å². The summed E-state index contributed by atoms with van der Waals surface area (Å²) in [6, 6.07) is -2.37. The van der Waals surface area contributed by atoms with E-state index in [1.54, 1.807) is 0 Å². The van der Waals surface area contributed by atoms with E-state index in [0.717, 1.165) is 7.11 Å². The molecule has 84 valence electrons. The van der Waals surface area contributed by atoms with Crippen LogP contribution in [0.1, 0.15) is 6.92 Å². The average molecular weight is 215 g/mol. The number of nitrogens with two attached hydrogens (primary N) is 1. The molecule has 7 heteroatoms. The van der Waals surface area contributed by atoms with Crippen LogP contribution in [0.25, 0.3) is 0 Å². The topological polar surface area (TPSA) is 61.5 Å². The van der Waals surface area contributed by atoms with E-state index < -0.39 is 24.3 Å². The third kappa shape index (κ3) is 3.51. The first-order valence-electron chi connectivity index (χ1n) is 3.86. The molecule has 0 radical (unpaired) electrons. The van der Waals surface area contributed by atoms with Gasteiger partial charge in [0.1, 0.15) is 6.04 Å². The highest BCUT2D eigenvalue weighted by molar-refractivity contribution is 5.75. The van der Waals surface area contributed by atoms with E-state index in [9.17, 15) is 18.0 Å². The first kappa shape index (κ1) is 13.2. The number of hydrogen-bond donors (Lipinski definition) is 1. The van der Waals surface area contributed by atoms with Crippen LogP contribution in [-0.4, -0.2) is 38.0 Å². The predicted molar refractivity (Wildman–Crippen MR) is 41.5 cm³/mol. The highest BCUT2D eigenvalue weighted by atomic mass is 19.4. The van der Waals surface area contributed by atoms with E-state index >= 15 is 0 Å². The minimum atomic E-state index is -4.69. The van der Waals surface area contributed by atoms with E-state index in [2.05, 4.69) is 9.47 Å². The third-order valence-electron chi connectivity index (χ3n) is 1.48. The van der Waals surface area contributed by atoms with Crippen LogP contribution in [0, 0.1) is 0 Å². The maximum atomic E-state index is 12.1. The summed E-state index contributed by atoms with van der Waals surface area (Å²) in [4.78, 5) is 10.9. The van der Waals surface area contributed by atoms with Gasteiger partial charge in [0.15, 0.2) is 6.10 Å². The zero-order valence-electron chi connectivity index (χ0n) is 7.80. The minimum absolute atomic E-state index is 0.0520. The first-order valence-corrected chi connectivity index (χ1v) is 3.86. The van der Waals surface area contributed by atoms with Crippen molar-refractivity contribution in [3.05, 3.63) is 0 Å². The Labute approximate surface area is 79.2 Å². The Hall–Kier alpha value is -0.820. The van der Waals surface area contributed by atoms with Gasteiger partial charge < -0.3 is 15.2 Å². The molecule has 0 aromatic carbocycles. The molecule has 0 fully saturated rings. The van der Waals surface area contributed by atoms with Crippen LogP contribution in [-0.2, 0) is 14.3 Å².